The van der Waals surface area contributed by atoms with Crippen LogP contribution >= 0.6 is 0 Å². The molecule has 1 aromatic heterocycles. The molecule has 0 aliphatic rings. The van der Waals surface area contributed by atoms with E-state index in [1.54, 1.807) is 6.26 Å². The van der Waals surface area contributed by atoms with Gasteiger partial charge in [-0.05, 0) is 6.92 Å². The first kappa shape index (κ1) is 10.5. The maximum absolute atomic E-state index is 5.44. The topological polar surface area (TPSA) is 52.0 Å². The van der Waals surface area contributed by atoms with E-state index in [2.05, 4.69) is 9.40 Å². The number of rotatable bonds is 1. The monoisotopic (exact) mass is 190 g/mol. The van der Waals surface area contributed by atoms with Gasteiger partial charge in [0, 0.05) is 6.04 Å². The molecule has 0 radical (unpaired) electrons. The Kier molecular flexibility index (Phi) is 4.44. The molecule has 0 aliphatic heterocycles. The lowest BCUT2D eigenvalue weighted by molar-refractivity contribution is 0.555. The minimum absolute atomic E-state index is 0.0197. The van der Waals surface area contributed by atoms with Crippen molar-refractivity contribution in [3.05, 3.63) is 54.7 Å². The van der Waals surface area contributed by atoms with Crippen LogP contribution in [0.15, 0.2) is 53.5 Å². The van der Waals surface area contributed by atoms with E-state index >= 15 is 0 Å². The molecule has 0 saturated heterocycles. The van der Waals surface area contributed by atoms with E-state index in [1.165, 1.54) is 6.39 Å². The SMILES string of the molecule is CC(N)c1cocn1.c1ccccc1. The molecule has 14 heavy (non-hydrogen) atoms. The Balaban J connectivity index is 0.000000146. The second-order valence-corrected chi connectivity index (χ2v) is 2.86. The Morgan fingerprint density at radius 3 is 1.86 bits per heavy atom. The van der Waals surface area contributed by atoms with E-state index in [1.807, 2.05) is 43.3 Å². The number of hydrogen-bond donors (Lipinski definition) is 1. The summed E-state index contributed by atoms with van der Waals surface area (Å²) in [6.45, 7) is 1.86. The van der Waals surface area contributed by atoms with Crippen molar-refractivity contribution in [1.82, 2.24) is 4.98 Å². The number of benzene rings is 1. The van der Waals surface area contributed by atoms with Crippen LogP contribution in [-0.2, 0) is 0 Å². The molecule has 2 aromatic rings. The summed E-state index contributed by atoms with van der Waals surface area (Å²) in [5.41, 5.74) is 6.23. The Morgan fingerprint density at radius 1 is 1.14 bits per heavy atom. The smallest absolute Gasteiger partial charge is 0.180 e. The second kappa shape index (κ2) is 5.94. The largest absolute Gasteiger partial charge is 0.451 e. The van der Waals surface area contributed by atoms with Gasteiger partial charge in [-0.3, -0.25) is 0 Å². The van der Waals surface area contributed by atoms with Crippen LogP contribution in [0.1, 0.15) is 18.7 Å². The van der Waals surface area contributed by atoms with E-state index < -0.39 is 0 Å². The second-order valence-electron chi connectivity index (χ2n) is 2.86. The van der Waals surface area contributed by atoms with Crippen molar-refractivity contribution in [3.63, 3.8) is 0 Å². The molecule has 2 N–H and O–H groups in total. The van der Waals surface area contributed by atoms with Crippen LogP contribution in [0.25, 0.3) is 0 Å². The van der Waals surface area contributed by atoms with Crippen molar-refractivity contribution in [1.29, 1.82) is 0 Å². The molecule has 1 atom stereocenters. The zero-order valence-corrected chi connectivity index (χ0v) is 8.13. The van der Waals surface area contributed by atoms with E-state index in [4.69, 9.17) is 5.73 Å². The van der Waals surface area contributed by atoms with Crippen LogP contribution in [-0.4, -0.2) is 4.98 Å². The average Bonchev–Trinajstić information content (AvgIpc) is 2.74. The third-order valence-electron chi connectivity index (χ3n) is 1.58. The molecule has 0 spiro atoms. The molecule has 1 aromatic carbocycles. The number of oxazole rings is 1. The summed E-state index contributed by atoms with van der Waals surface area (Å²) in [5.74, 6) is 0. The maximum atomic E-state index is 5.44. The van der Waals surface area contributed by atoms with Crippen molar-refractivity contribution in [3.8, 4) is 0 Å². The van der Waals surface area contributed by atoms with Crippen LogP contribution in [0.3, 0.4) is 0 Å². The van der Waals surface area contributed by atoms with Gasteiger partial charge in [0.2, 0.25) is 0 Å². The van der Waals surface area contributed by atoms with Crippen LogP contribution in [0, 0.1) is 0 Å². The standard InChI is InChI=1S/C6H6.C5H8N2O/c1-2-4-6-5-3-1;1-4(6)5-2-8-3-7-5/h1-6H;2-4H,6H2,1H3. The average molecular weight is 190 g/mol. The van der Waals surface area contributed by atoms with E-state index in [0.29, 0.717) is 0 Å². The predicted molar refractivity (Wildman–Crippen MR) is 55.5 cm³/mol. The van der Waals surface area contributed by atoms with Crippen LogP contribution < -0.4 is 5.73 Å². The Labute approximate surface area is 83.6 Å². The van der Waals surface area contributed by atoms with Gasteiger partial charge in [0.1, 0.15) is 6.26 Å². The summed E-state index contributed by atoms with van der Waals surface area (Å²) in [6, 6.07) is 12.0. The van der Waals surface area contributed by atoms with Crippen molar-refractivity contribution in [2.24, 2.45) is 5.73 Å². The highest BCUT2D eigenvalue weighted by atomic mass is 16.3. The van der Waals surface area contributed by atoms with Gasteiger partial charge in [-0.1, -0.05) is 36.4 Å². The highest BCUT2D eigenvalue weighted by Crippen LogP contribution is 2.03. The minimum Gasteiger partial charge on any atom is -0.451 e. The number of aromatic nitrogens is 1. The van der Waals surface area contributed by atoms with Crippen LogP contribution in [0.4, 0.5) is 0 Å². The fourth-order valence-corrected chi connectivity index (χ4v) is 0.832. The molecule has 0 aliphatic carbocycles. The lowest BCUT2D eigenvalue weighted by Crippen LogP contribution is -2.04. The molecule has 0 saturated carbocycles. The summed E-state index contributed by atoms with van der Waals surface area (Å²) in [7, 11) is 0. The van der Waals surface area contributed by atoms with Gasteiger partial charge in [0.15, 0.2) is 6.39 Å². The third-order valence-corrected chi connectivity index (χ3v) is 1.58. The van der Waals surface area contributed by atoms with E-state index in [0.717, 1.165) is 5.69 Å². The first-order valence-corrected chi connectivity index (χ1v) is 4.44. The number of nitrogens with zero attached hydrogens (tertiary/aromatic N) is 1. The third kappa shape index (κ3) is 3.87. The summed E-state index contributed by atoms with van der Waals surface area (Å²) in [5, 5.41) is 0. The lowest BCUT2D eigenvalue weighted by Gasteiger charge is -1.93. The Morgan fingerprint density at radius 2 is 1.64 bits per heavy atom. The van der Waals surface area contributed by atoms with Crippen LogP contribution in [0.2, 0.25) is 0 Å². The van der Waals surface area contributed by atoms with Crippen LogP contribution in [0.5, 0.6) is 0 Å². The van der Waals surface area contributed by atoms with Gasteiger partial charge in [-0.15, -0.1) is 0 Å². The first-order chi connectivity index (χ1) is 6.80. The molecular weight excluding hydrogens is 176 g/mol. The molecular formula is C11H14N2O. The molecule has 3 nitrogen and oxygen atoms in total. The van der Waals surface area contributed by atoms with Gasteiger partial charge in [0.25, 0.3) is 0 Å². The number of nitrogens with two attached hydrogens (primary N) is 1. The van der Waals surface area contributed by atoms with Crippen molar-refractivity contribution < 1.29 is 4.42 Å². The highest BCUT2D eigenvalue weighted by Gasteiger charge is 1.98. The summed E-state index contributed by atoms with van der Waals surface area (Å²) in [6.07, 6.45) is 2.92. The van der Waals surface area contributed by atoms with Gasteiger partial charge in [0.05, 0.1) is 5.69 Å². The molecule has 1 heterocycles. The summed E-state index contributed by atoms with van der Waals surface area (Å²) < 4.78 is 4.68. The van der Waals surface area contributed by atoms with E-state index in [9.17, 15) is 0 Å². The molecule has 3 heteroatoms. The lowest BCUT2D eigenvalue weighted by atomic mass is 10.3. The van der Waals surface area contributed by atoms with Gasteiger partial charge >= 0.3 is 0 Å². The molecule has 0 fully saturated rings. The quantitative estimate of drug-likeness (QED) is 0.751. The molecule has 74 valence electrons. The van der Waals surface area contributed by atoms with E-state index in [-0.39, 0.29) is 6.04 Å². The summed E-state index contributed by atoms with van der Waals surface area (Å²) in [4.78, 5) is 3.82. The summed E-state index contributed by atoms with van der Waals surface area (Å²) >= 11 is 0. The molecule has 1 unspecified atom stereocenters. The van der Waals surface area contributed by atoms with Crippen molar-refractivity contribution in [2.75, 3.05) is 0 Å². The Hall–Kier alpha value is -1.61. The first-order valence-electron chi connectivity index (χ1n) is 4.44. The molecule has 0 bridgehead atoms. The Bertz CT molecular complexity index is 290. The maximum Gasteiger partial charge on any atom is 0.180 e. The van der Waals surface area contributed by atoms with Gasteiger partial charge in [-0.25, -0.2) is 4.98 Å². The zero-order valence-electron chi connectivity index (χ0n) is 8.13. The van der Waals surface area contributed by atoms with Crippen molar-refractivity contribution >= 4 is 0 Å². The zero-order chi connectivity index (χ0) is 10.2. The highest BCUT2D eigenvalue weighted by molar-refractivity contribution is 4.99. The van der Waals surface area contributed by atoms with Gasteiger partial charge in [-0.2, -0.15) is 0 Å². The minimum atomic E-state index is -0.0197. The predicted octanol–water partition coefficient (Wildman–Crippen LogP) is 2.38. The van der Waals surface area contributed by atoms with Crippen molar-refractivity contribution in [2.45, 2.75) is 13.0 Å². The number of hydrogen-bond acceptors (Lipinski definition) is 3. The van der Waals surface area contributed by atoms with Gasteiger partial charge < -0.3 is 10.2 Å². The molecule has 2 rings (SSSR count). The normalized spacial score (nSPS) is 11.3. The fraction of sp³-hybridized carbons (Fsp3) is 0.182. The molecule has 0 amide bonds. The fourth-order valence-electron chi connectivity index (χ4n) is 0.832.